The molecule has 74 heavy (non-hydrogen) atoms. The Hall–Kier alpha value is -9.32. The average Bonchev–Trinajstić information content (AvgIpc) is 3.81. The summed E-state index contributed by atoms with van der Waals surface area (Å²) in [7, 11) is 0. The number of hydrogen-bond acceptors (Lipinski definition) is 4. The van der Waals surface area contributed by atoms with Crippen LogP contribution in [-0.2, 0) is 0 Å². The van der Waals surface area contributed by atoms with Crippen molar-refractivity contribution in [1.29, 1.82) is 0 Å². The van der Waals surface area contributed by atoms with E-state index in [1.165, 1.54) is 10.8 Å². The van der Waals surface area contributed by atoms with Gasteiger partial charge in [0.1, 0.15) is 0 Å². The zero-order valence-corrected chi connectivity index (χ0v) is 42.6. The van der Waals surface area contributed by atoms with Crippen molar-refractivity contribution in [2.75, 3.05) is 19.6 Å². The topological polar surface area (TPSA) is 17.9 Å². The molecule has 5 nitrogen and oxygen atoms in total. The van der Waals surface area contributed by atoms with E-state index in [4.69, 9.17) is 0 Å². The zero-order valence-electron chi connectivity index (χ0n) is 42.6. The molecule has 10 aromatic carbocycles. The van der Waals surface area contributed by atoms with Gasteiger partial charge in [-0.05, 0) is 159 Å². The Bertz CT molecular complexity index is 3510. The Balaban J connectivity index is 0.00000309. The molecule has 0 fully saturated rings. The highest BCUT2D eigenvalue weighted by molar-refractivity contribution is 6.09. The van der Waals surface area contributed by atoms with E-state index in [0.717, 1.165) is 91.4 Å². The Labute approximate surface area is 437 Å². The van der Waals surface area contributed by atoms with E-state index in [0.29, 0.717) is 0 Å². The first-order valence-electron chi connectivity index (χ1n) is 25.8. The molecule has 0 saturated carbocycles. The number of aromatic nitrogens is 1. The summed E-state index contributed by atoms with van der Waals surface area (Å²) in [6, 6.07) is 95.7. The molecule has 0 aliphatic rings. The number of benzene rings is 10. The van der Waals surface area contributed by atoms with Crippen molar-refractivity contribution in [3.63, 3.8) is 0 Å². The average molecular weight is 960 g/mol. The molecule has 11 aromatic rings. The molecule has 0 saturated heterocycles. The van der Waals surface area contributed by atoms with Crippen LogP contribution in [0.1, 0.15) is 34.1 Å². The van der Waals surface area contributed by atoms with Crippen LogP contribution < -0.4 is 19.6 Å². The predicted octanol–water partition coefficient (Wildman–Crippen LogP) is 20.2. The maximum absolute atomic E-state index is 2.42. The lowest BCUT2D eigenvalue weighted by atomic mass is 10.1. The quantitative estimate of drug-likeness (QED) is 0.0953. The fourth-order valence-corrected chi connectivity index (χ4v) is 9.96. The fourth-order valence-electron chi connectivity index (χ4n) is 9.96. The van der Waals surface area contributed by atoms with E-state index < -0.39 is 0 Å². The van der Waals surface area contributed by atoms with E-state index in [1.54, 1.807) is 0 Å². The van der Waals surface area contributed by atoms with Gasteiger partial charge in [0, 0.05) is 67.7 Å². The Morgan fingerprint density at radius 1 is 0.351 bits per heavy atom. The molecule has 0 aliphatic heterocycles. The van der Waals surface area contributed by atoms with Crippen LogP contribution in [0.3, 0.4) is 0 Å². The standard InChI is InChI=1S/C67H55N5.C2H6/c1-3-24-51(25-4-2)68(52-26-10-5-11-27-52)57-40-44-59(45-41-57)70(55-32-16-8-17-33-55)61-48-62(50-63(49-61)72-66-38-22-20-36-64(66)65-37-21-23-39-67(65)72)71(56-34-18-9-19-35-56)60-46-42-58(43-47-60)69(53-28-12-6-13-29-53)54-30-14-7-15-31-54;1-2/h3,5-50H,4H2,1-2H3;1-2H3/b24-3-,51-25+;. The molecule has 0 bridgehead atoms. The van der Waals surface area contributed by atoms with Crippen LogP contribution in [-0.4, -0.2) is 4.57 Å². The van der Waals surface area contributed by atoms with Gasteiger partial charge in [-0.1, -0.05) is 160 Å². The van der Waals surface area contributed by atoms with Crippen LogP contribution in [0.5, 0.6) is 0 Å². The lowest BCUT2D eigenvalue weighted by Crippen LogP contribution is -2.16. The molecule has 0 radical (unpaired) electrons. The molecule has 11 rings (SSSR count). The molecular formula is C69H61N5. The highest BCUT2D eigenvalue weighted by Crippen LogP contribution is 2.45. The summed E-state index contributed by atoms with van der Waals surface area (Å²) >= 11 is 0. The van der Waals surface area contributed by atoms with Gasteiger partial charge in [0.15, 0.2) is 0 Å². The molecule has 0 atom stereocenters. The Morgan fingerprint density at radius 3 is 1.01 bits per heavy atom. The summed E-state index contributed by atoms with van der Waals surface area (Å²) in [5.74, 6) is 0. The molecule has 0 spiro atoms. The summed E-state index contributed by atoms with van der Waals surface area (Å²) < 4.78 is 2.42. The fraction of sp³-hybridized carbons (Fsp3) is 0.0725. The van der Waals surface area contributed by atoms with E-state index in [9.17, 15) is 0 Å². The van der Waals surface area contributed by atoms with Gasteiger partial charge in [-0.2, -0.15) is 0 Å². The highest BCUT2D eigenvalue weighted by atomic mass is 15.2. The highest BCUT2D eigenvalue weighted by Gasteiger charge is 2.23. The Kier molecular flexibility index (Phi) is 14.9. The molecular weight excluding hydrogens is 899 g/mol. The first kappa shape index (κ1) is 48.3. The van der Waals surface area contributed by atoms with Gasteiger partial charge in [-0.15, -0.1) is 0 Å². The number of nitrogens with zero attached hydrogens (tertiary/aromatic N) is 5. The van der Waals surface area contributed by atoms with Crippen LogP contribution in [0.4, 0.5) is 62.6 Å². The second-order valence-corrected chi connectivity index (χ2v) is 17.7. The van der Waals surface area contributed by atoms with Crippen LogP contribution in [0, 0.1) is 0 Å². The van der Waals surface area contributed by atoms with Gasteiger partial charge >= 0.3 is 0 Å². The normalized spacial score (nSPS) is 11.3. The maximum atomic E-state index is 2.42. The molecule has 362 valence electrons. The number of fused-ring (bicyclic) bond motifs is 3. The third-order valence-corrected chi connectivity index (χ3v) is 13.1. The smallest absolute Gasteiger partial charge is 0.0541 e. The summed E-state index contributed by atoms with van der Waals surface area (Å²) in [6.45, 7) is 8.27. The zero-order chi connectivity index (χ0) is 50.6. The van der Waals surface area contributed by atoms with Gasteiger partial charge in [0.25, 0.3) is 0 Å². The lowest BCUT2D eigenvalue weighted by Gasteiger charge is -2.31. The minimum atomic E-state index is 0.914. The van der Waals surface area contributed by atoms with Crippen molar-refractivity contribution in [2.45, 2.75) is 34.1 Å². The van der Waals surface area contributed by atoms with Crippen LogP contribution >= 0.6 is 0 Å². The number of anilines is 11. The number of hydrogen-bond donors (Lipinski definition) is 0. The van der Waals surface area contributed by atoms with Gasteiger partial charge in [0.2, 0.25) is 0 Å². The van der Waals surface area contributed by atoms with Crippen LogP contribution in [0.25, 0.3) is 27.5 Å². The van der Waals surface area contributed by atoms with E-state index in [1.807, 2.05) is 13.8 Å². The van der Waals surface area contributed by atoms with Crippen molar-refractivity contribution >= 4 is 84.4 Å². The minimum Gasteiger partial charge on any atom is -0.311 e. The summed E-state index contributed by atoms with van der Waals surface area (Å²) in [5.41, 5.74) is 16.1. The number of para-hydroxylation sites is 7. The molecule has 1 aromatic heterocycles. The second-order valence-electron chi connectivity index (χ2n) is 17.7. The first-order valence-corrected chi connectivity index (χ1v) is 25.8. The number of allylic oxidation sites excluding steroid dienone is 3. The molecule has 0 unspecified atom stereocenters. The van der Waals surface area contributed by atoms with Crippen LogP contribution in [0.2, 0.25) is 0 Å². The van der Waals surface area contributed by atoms with E-state index in [2.05, 4.69) is 323 Å². The first-order chi connectivity index (χ1) is 36.7. The monoisotopic (exact) mass is 959 g/mol. The number of rotatable bonds is 15. The van der Waals surface area contributed by atoms with Crippen LogP contribution in [0.15, 0.2) is 291 Å². The Morgan fingerprint density at radius 2 is 0.649 bits per heavy atom. The van der Waals surface area contributed by atoms with Crippen molar-refractivity contribution in [1.82, 2.24) is 4.57 Å². The summed E-state index contributed by atoms with van der Waals surface area (Å²) in [5, 5.41) is 2.43. The molecule has 5 heteroatoms. The largest absolute Gasteiger partial charge is 0.311 e. The van der Waals surface area contributed by atoms with Crippen molar-refractivity contribution in [2.24, 2.45) is 0 Å². The van der Waals surface area contributed by atoms with Gasteiger partial charge in [-0.25, -0.2) is 0 Å². The molecule has 1 heterocycles. The van der Waals surface area contributed by atoms with Crippen molar-refractivity contribution in [3.05, 3.63) is 291 Å². The van der Waals surface area contributed by atoms with Crippen molar-refractivity contribution < 1.29 is 0 Å². The summed E-state index contributed by atoms with van der Waals surface area (Å²) in [6.07, 6.45) is 7.50. The van der Waals surface area contributed by atoms with Gasteiger partial charge in [-0.3, -0.25) is 0 Å². The molecule has 0 N–H and O–H groups in total. The minimum absolute atomic E-state index is 0.914. The second kappa shape index (κ2) is 22.8. The summed E-state index contributed by atoms with van der Waals surface area (Å²) in [4.78, 5) is 9.41. The molecule has 0 amide bonds. The van der Waals surface area contributed by atoms with E-state index >= 15 is 0 Å². The third kappa shape index (κ3) is 9.97. The van der Waals surface area contributed by atoms with Crippen molar-refractivity contribution in [3.8, 4) is 5.69 Å². The lowest BCUT2D eigenvalue weighted by molar-refractivity contribution is 1.13. The van der Waals surface area contributed by atoms with E-state index in [-0.39, 0.29) is 0 Å². The molecule has 0 aliphatic carbocycles. The van der Waals surface area contributed by atoms with Gasteiger partial charge in [0.05, 0.1) is 28.1 Å². The SMILES string of the molecule is C/C=C\C(=C/CC)N(c1ccccc1)c1ccc(N(c2ccccc2)c2cc(N(c3ccccc3)c3ccc(N(c4ccccc4)c4ccccc4)cc3)cc(-n3c4ccccc4c4ccccc43)c2)cc1.CC. The predicted molar refractivity (Wildman–Crippen MR) is 318 cm³/mol. The third-order valence-electron chi connectivity index (χ3n) is 13.1. The maximum Gasteiger partial charge on any atom is 0.0541 e. The van der Waals surface area contributed by atoms with Gasteiger partial charge < -0.3 is 24.2 Å².